The molecule has 1 aromatic carbocycles. The van der Waals surface area contributed by atoms with Crippen LogP contribution in [0.4, 0.5) is 5.69 Å². The number of benzene rings is 1. The Morgan fingerprint density at radius 3 is 2.55 bits per heavy atom. The van der Waals surface area contributed by atoms with Gasteiger partial charge in [-0.1, -0.05) is 43.8 Å². The standard InChI is InChI=1S/C24H30N6O2S/c1-5-15-30-22(19-11-13-25-14-12-19)27-28-24(30)33-17(3)23(32)29(4)16-21(31)26-20-10-8-7-9-18(20)6-2/h7-14,17H,5-6,15-16H2,1-4H3,(H,26,31). The molecule has 2 heterocycles. The third-order valence-electron chi connectivity index (χ3n) is 5.16. The highest BCUT2D eigenvalue weighted by Gasteiger charge is 2.24. The van der Waals surface area contributed by atoms with E-state index in [-0.39, 0.29) is 18.4 Å². The van der Waals surface area contributed by atoms with Crippen molar-refractivity contribution >= 4 is 29.3 Å². The van der Waals surface area contributed by atoms with E-state index in [4.69, 9.17) is 0 Å². The van der Waals surface area contributed by atoms with Crippen LogP contribution in [0.2, 0.25) is 0 Å². The fourth-order valence-corrected chi connectivity index (χ4v) is 4.46. The third kappa shape index (κ3) is 6.19. The van der Waals surface area contributed by atoms with Crippen LogP contribution < -0.4 is 5.32 Å². The van der Waals surface area contributed by atoms with Crippen LogP contribution in [-0.2, 0) is 22.6 Å². The van der Waals surface area contributed by atoms with E-state index >= 15 is 0 Å². The summed E-state index contributed by atoms with van der Waals surface area (Å²) in [5.41, 5.74) is 2.77. The Morgan fingerprint density at radius 1 is 1.12 bits per heavy atom. The van der Waals surface area contributed by atoms with E-state index in [9.17, 15) is 9.59 Å². The van der Waals surface area contributed by atoms with Crippen molar-refractivity contribution < 1.29 is 9.59 Å². The molecule has 0 radical (unpaired) electrons. The maximum atomic E-state index is 13.0. The number of carbonyl (C=O) groups excluding carboxylic acids is 2. The van der Waals surface area contributed by atoms with Crippen molar-refractivity contribution in [3.8, 4) is 11.4 Å². The van der Waals surface area contributed by atoms with Gasteiger partial charge in [-0.15, -0.1) is 10.2 Å². The second-order valence-corrected chi connectivity index (χ2v) is 9.01. The molecule has 2 aromatic heterocycles. The largest absolute Gasteiger partial charge is 0.335 e. The van der Waals surface area contributed by atoms with Crippen LogP contribution in [0.3, 0.4) is 0 Å². The van der Waals surface area contributed by atoms with Crippen LogP contribution in [0.25, 0.3) is 11.4 Å². The second-order valence-electron chi connectivity index (χ2n) is 7.71. The number of hydrogen-bond acceptors (Lipinski definition) is 6. The normalized spacial score (nSPS) is 11.8. The average molecular weight is 467 g/mol. The Hall–Kier alpha value is -3.20. The minimum absolute atomic E-state index is 0.0221. The fraction of sp³-hybridized carbons (Fsp3) is 0.375. The van der Waals surface area contributed by atoms with E-state index in [1.807, 2.05) is 54.8 Å². The lowest BCUT2D eigenvalue weighted by Crippen LogP contribution is -2.39. The van der Waals surface area contributed by atoms with E-state index in [0.29, 0.717) is 5.16 Å². The van der Waals surface area contributed by atoms with Crippen LogP contribution in [0.15, 0.2) is 53.9 Å². The Morgan fingerprint density at radius 2 is 1.85 bits per heavy atom. The van der Waals surface area contributed by atoms with Gasteiger partial charge in [0, 0.05) is 37.2 Å². The first kappa shape index (κ1) is 24.4. The van der Waals surface area contributed by atoms with E-state index < -0.39 is 5.25 Å². The van der Waals surface area contributed by atoms with Crippen molar-refractivity contribution in [2.75, 3.05) is 18.9 Å². The highest BCUT2D eigenvalue weighted by molar-refractivity contribution is 8.00. The molecule has 1 N–H and O–H groups in total. The number of carbonyl (C=O) groups is 2. The highest BCUT2D eigenvalue weighted by atomic mass is 32.2. The van der Waals surface area contributed by atoms with Gasteiger partial charge in [-0.2, -0.15) is 0 Å². The summed E-state index contributed by atoms with van der Waals surface area (Å²) in [6, 6.07) is 11.5. The molecule has 0 spiro atoms. The number of thioether (sulfide) groups is 1. The SMILES string of the molecule is CCCn1c(SC(C)C(=O)N(C)CC(=O)Nc2ccccc2CC)nnc1-c1ccncc1. The van der Waals surface area contributed by atoms with Gasteiger partial charge in [0.1, 0.15) is 0 Å². The molecule has 3 rings (SSSR count). The van der Waals surface area contributed by atoms with Gasteiger partial charge in [0.2, 0.25) is 11.8 Å². The number of hydrogen-bond donors (Lipinski definition) is 1. The zero-order chi connectivity index (χ0) is 23.8. The summed E-state index contributed by atoms with van der Waals surface area (Å²) >= 11 is 1.35. The number of aryl methyl sites for hydroxylation is 1. The molecule has 8 nitrogen and oxygen atoms in total. The summed E-state index contributed by atoms with van der Waals surface area (Å²) in [7, 11) is 1.64. The molecule has 0 bridgehead atoms. The van der Waals surface area contributed by atoms with Gasteiger partial charge in [-0.05, 0) is 43.5 Å². The molecule has 9 heteroatoms. The van der Waals surface area contributed by atoms with Gasteiger partial charge >= 0.3 is 0 Å². The van der Waals surface area contributed by atoms with E-state index in [1.54, 1.807) is 19.4 Å². The van der Waals surface area contributed by atoms with E-state index in [0.717, 1.165) is 42.0 Å². The van der Waals surface area contributed by atoms with Gasteiger partial charge in [-0.25, -0.2) is 0 Å². The number of pyridine rings is 1. The topological polar surface area (TPSA) is 93.0 Å². The van der Waals surface area contributed by atoms with Crippen LogP contribution in [0, 0.1) is 0 Å². The molecule has 0 saturated heterocycles. The maximum Gasteiger partial charge on any atom is 0.243 e. The van der Waals surface area contributed by atoms with Gasteiger partial charge in [0.15, 0.2) is 11.0 Å². The average Bonchev–Trinajstić information content (AvgIpc) is 3.21. The molecule has 1 unspecified atom stereocenters. The number of para-hydroxylation sites is 1. The third-order valence-corrected chi connectivity index (χ3v) is 6.23. The Kier molecular flexibility index (Phi) is 8.59. The zero-order valence-corrected chi connectivity index (χ0v) is 20.3. The number of nitrogens with one attached hydrogen (secondary N) is 1. The molecule has 174 valence electrons. The molecule has 33 heavy (non-hydrogen) atoms. The molecule has 0 aliphatic heterocycles. The van der Waals surface area contributed by atoms with Crippen LogP contribution in [-0.4, -0.2) is 55.3 Å². The zero-order valence-electron chi connectivity index (χ0n) is 19.5. The van der Waals surface area contributed by atoms with E-state index in [2.05, 4.69) is 27.4 Å². The summed E-state index contributed by atoms with van der Waals surface area (Å²) < 4.78 is 2.03. The molecule has 2 amide bonds. The Labute approximate surface area is 198 Å². The first-order valence-corrected chi connectivity index (χ1v) is 12.0. The second kappa shape index (κ2) is 11.6. The van der Waals surface area contributed by atoms with Crippen molar-refractivity contribution in [2.45, 2.75) is 50.6 Å². The van der Waals surface area contributed by atoms with Crippen molar-refractivity contribution in [1.29, 1.82) is 0 Å². The number of nitrogens with zero attached hydrogens (tertiary/aromatic N) is 5. The number of anilines is 1. The molecule has 0 aliphatic carbocycles. The van der Waals surface area contributed by atoms with Crippen LogP contribution in [0.1, 0.15) is 32.8 Å². The van der Waals surface area contributed by atoms with Gasteiger partial charge in [-0.3, -0.25) is 14.6 Å². The first-order valence-electron chi connectivity index (χ1n) is 11.1. The minimum Gasteiger partial charge on any atom is -0.335 e. The van der Waals surface area contributed by atoms with Crippen molar-refractivity contribution in [3.63, 3.8) is 0 Å². The lowest BCUT2D eigenvalue weighted by molar-refractivity contribution is -0.132. The molecule has 0 saturated carbocycles. The lowest BCUT2D eigenvalue weighted by Gasteiger charge is -2.21. The molecule has 0 aliphatic rings. The number of likely N-dealkylation sites (N-methyl/N-ethyl adjacent to an activating group) is 1. The summed E-state index contributed by atoms with van der Waals surface area (Å²) in [6.45, 7) is 6.67. The van der Waals surface area contributed by atoms with Crippen molar-refractivity contribution in [2.24, 2.45) is 0 Å². The van der Waals surface area contributed by atoms with Gasteiger partial charge < -0.3 is 14.8 Å². The molecule has 1 atom stereocenters. The minimum atomic E-state index is -0.421. The number of rotatable bonds is 10. The molecular formula is C24H30N6O2S. The Balaban J connectivity index is 1.65. The first-order chi connectivity index (χ1) is 15.9. The summed E-state index contributed by atoms with van der Waals surface area (Å²) in [5.74, 6) is 0.386. The van der Waals surface area contributed by atoms with E-state index in [1.165, 1.54) is 16.7 Å². The van der Waals surface area contributed by atoms with Crippen LogP contribution >= 0.6 is 11.8 Å². The quantitative estimate of drug-likeness (QED) is 0.456. The van der Waals surface area contributed by atoms with Crippen molar-refractivity contribution in [3.05, 3.63) is 54.4 Å². The Bertz CT molecular complexity index is 1090. The smallest absolute Gasteiger partial charge is 0.243 e. The maximum absolute atomic E-state index is 13.0. The van der Waals surface area contributed by atoms with Gasteiger partial charge in [0.25, 0.3) is 0 Å². The molecule has 3 aromatic rings. The molecule has 0 fully saturated rings. The van der Waals surface area contributed by atoms with Crippen LogP contribution in [0.5, 0.6) is 0 Å². The summed E-state index contributed by atoms with van der Waals surface area (Å²) in [5, 5.41) is 11.9. The highest BCUT2D eigenvalue weighted by Crippen LogP contribution is 2.27. The van der Waals surface area contributed by atoms with Gasteiger partial charge in [0.05, 0.1) is 11.8 Å². The predicted molar refractivity (Wildman–Crippen MR) is 131 cm³/mol. The lowest BCUT2D eigenvalue weighted by atomic mass is 10.1. The summed E-state index contributed by atoms with van der Waals surface area (Å²) in [4.78, 5) is 31.0. The summed E-state index contributed by atoms with van der Waals surface area (Å²) in [6.07, 6.45) is 5.17. The predicted octanol–water partition coefficient (Wildman–Crippen LogP) is 3.89. The van der Waals surface area contributed by atoms with Crippen molar-refractivity contribution in [1.82, 2.24) is 24.6 Å². The monoisotopic (exact) mass is 466 g/mol. The fourth-order valence-electron chi connectivity index (χ4n) is 3.47. The number of aromatic nitrogens is 4. The number of amides is 2. The molecular weight excluding hydrogens is 436 g/mol.